The molecule has 0 radical (unpaired) electrons. The van der Waals surface area contributed by atoms with E-state index >= 15 is 0 Å². The number of ether oxygens (including phenoxy) is 2. The number of para-hydroxylation sites is 1. The molecule has 0 unspecified atom stereocenters. The Morgan fingerprint density at radius 1 is 1.09 bits per heavy atom. The number of hydrogen-bond donors (Lipinski definition) is 2. The molecule has 5 rings (SSSR count). The largest absolute Gasteiger partial charge is 0.493 e. The van der Waals surface area contributed by atoms with Crippen molar-refractivity contribution in [2.75, 3.05) is 19.0 Å². The van der Waals surface area contributed by atoms with Crippen LogP contribution in [0.5, 0.6) is 11.5 Å². The van der Waals surface area contributed by atoms with Gasteiger partial charge in [0.1, 0.15) is 0 Å². The number of carboxylic acid groups (broad SMARTS) is 1. The maximum absolute atomic E-state index is 13.6. The van der Waals surface area contributed by atoms with Crippen LogP contribution in [0.15, 0.2) is 60.2 Å². The molecule has 2 N–H and O–H groups in total. The molecule has 0 bridgehead atoms. The van der Waals surface area contributed by atoms with Crippen LogP contribution in [0.3, 0.4) is 0 Å². The van der Waals surface area contributed by atoms with E-state index in [1.807, 2.05) is 24.3 Å². The van der Waals surface area contributed by atoms with Crippen LogP contribution in [-0.4, -0.2) is 30.6 Å². The molecule has 0 aromatic heterocycles. The summed E-state index contributed by atoms with van der Waals surface area (Å²) in [5, 5.41) is 15.0. The number of aliphatic carboxylic acids is 1. The number of methoxy groups -OCH3 is 1. The zero-order chi connectivity index (χ0) is 24.0. The number of carboxylic acids is 1. The molecular formula is C28H27NO5. The molecule has 3 aromatic rings. The maximum Gasteiger partial charge on any atom is 0.341 e. The van der Waals surface area contributed by atoms with Gasteiger partial charge in [0.15, 0.2) is 23.9 Å². The average molecular weight is 458 g/mol. The fourth-order valence-corrected chi connectivity index (χ4v) is 5.28. The predicted molar refractivity (Wildman–Crippen MR) is 131 cm³/mol. The van der Waals surface area contributed by atoms with Crippen molar-refractivity contribution in [3.05, 3.63) is 71.3 Å². The summed E-state index contributed by atoms with van der Waals surface area (Å²) in [4.78, 5) is 24.9. The van der Waals surface area contributed by atoms with Gasteiger partial charge < -0.3 is 19.9 Å². The van der Waals surface area contributed by atoms with Gasteiger partial charge in [0.2, 0.25) is 0 Å². The second-order valence-corrected chi connectivity index (χ2v) is 9.68. The van der Waals surface area contributed by atoms with Gasteiger partial charge in [-0.2, -0.15) is 0 Å². The molecule has 34 heavy (non-hydrogen) atoms. The third kappa shape index (κ3) is 3.69. The van der Waals surface area contributed by atoms with Gasteiger partial charge in [-0.05, 0) is 40.3 Å². The molecule has 0 saturated heterocycles. The lowest BCUT2D eigenvalue weighted by molar-refractivity contribution is -0.139. The zero-order valence-corrected chi connectivity index (χ0v) is 19.5. The lowest BCUT2D eigenvalue weighted by Gasteiger charge is -2.40. The first-order valence-electron chi connectivity index (χ1n) is 11.4. The van der Waals surface area contributed by atoms with Gasteiger partial charge in [0.05, 0.1) is 13.2 Å². The number of rotatable bonds is 5. The standard InChI is InChI=1S/C28H27NO5/c1-28(2)13-19-24-17-8-5-4-7-16(17)11-12-20(24)29-26(25(19)21(30)14-28)18-9-6-10-22(33-3)27(18)34-15-23(31)32/h4-12,26,29H,13-15H2,1-3H3,(H,31,32)/t26-/m0/s1. The number of Topliss-reactive ketones (excluding diaryl/α,β-unsaturated/α-hetero) is 1. The van der Waals surface area contributed by atoms with Crippen LogP contribution in [0, 0.1) is 5.41 Å². The first kappa shape index (κ1) is 22.0. The normalized spacial score (nSPS) is 18.7. The van der Waals surface area contributed by atoms with Crippen molar-refractivity contribution in [1.82, 2.24) is 0 Å². The van der Waals surface area contributed by atoms with Crippen molar-refractivity contribution in [2.24, 2.45) is 5.41 Å². The molecule has 0 spiro atoms. The van der Waals surface area contributed by atoms with Gasteiger partial charge in [-0.15, -0.1) is 0 Å². The van der Waals surface area contributed by atoms with Crippen LogP contribution < -0.4 is 14.8 Å². The number of carbonyl (C=O) groups excluding carboxylic acids is 1. The van der Waals surface area contributed by atoms with Crippen LogP contribution in [0.2, 0.25) is 0 Å². The topological polar surface area (TPSA) is 84.9 Å². The van der Waals surface area contributed by atoms with Gasteiger partial charge in [-0.25, -0.2) is 4.79 Å². The molecule has 1 aliphatic carbocycles. The highest BCUT2D eigenvalue weighted by Crippen LogP contribution is 2.53. The second kappa shape index (κ2) is 8.20. The maximum atomic E-state index is 13.6. The molecule has 0 amide bonds. The second-order valence-electron chi connectivity index (χ2n) is 9.68. The molecule has 0 saturated carbocycles. The van der Waals surface area contributed by atoms with E-state index in [4.69, 9.17) is 9.47 Å². The number of ketones is 1. The Hall–Kier alpha value is -3.80. The number of anilines is 1. The summed E-state index contributed by atoms with van der Waals surface area (Å²) in [5.74, 6) is -0.232. The monoisotopic (exact) mass is 457 g/mol. The first-order chi connectivity index (χ1) is 16.3. The number of fused-ring (bicyclic) bond motifs is 4. The molecule has 6 heteroatoms. The molecule has 2 aliphatic rings. The molecule has 1 heterocycles. The summed E-state index contributed by atoms with van der Waals surface area (Å²) < 4.78 is 11.2. The fourth-order valence-electron chi connectivity index (χ4n) is 5.28. The Balaban J connectivity index is 1.76. The van der Waals surface area contributed by atoms with E-state index in [0.29, 0.717) is 23.5 Å². The number of carbonyl (C=O) groups is 2. The van der Waals surface area contributed by atoms with Gasteiger partial charge in [-0.3, -0.25) is 4.79 Å². The van der Waals surface area contributed by atoms with Crippen molar-refractivity contribution >= 4 is 33.8 Å². The third-order valence-corrected chi connectivity index (χ3v) is 6.62. The predicted octanol–water partition coefficient (Wildman–Crippen LogP) is 5.62. The Morgan fingerprint density at radius 3 is 2.65 bits per heavy atom. The molecule has 3 aromatic carbocycles. The minimum Gasteiger partial charge on any atom is -0.493 e. The molecular weight excluding hydrogens is 430 g/mol. The van der Waals surface area contributed by atoms with Gasteiger partial charge >= 0.3 is 5.97 Å². The Kier molecular flexibility index (Phi) is 5.31. The third-order valence-electron chi connectivity index (χ3n) is 6.62. The van der Waals surface area contributed by atoms with E-state index in [9.17, 15) is 14.7 Å². The highest BCUT2D eigenvalue weighted by Gasteiger charge is 2.41. The number of allylic oxidation sites excluding steroid dienone is 1. The summed E-state index contributed by atoms with van der Waals surface area (Å²) in [6.45, 7) is 3.75. The van der Waals surface area contributed by atoms with Crippen molar-refractivity contribution in [2.45, 2.75) is 32.7 Å². The van der Waals surface area contributed by atoms with Crippen LogP contribution in [0.4, 0.5) is 5.69 Å². The Labute approximate surface area is 198 Å². The smallest absolute Gasteiger partial charge is 0.341 e. The van der Waals surface area contributed by atoms with Gasteiger partial charge in [0.25, 0.3) is 0 Å². The number of nitrogens with one attached hydrogen (secondary N) is 1. The lowest BCUT2D eigenvalue weighted by Crippen LogP contribution is -2.33. The lowest BCUT2D eigenvalue weighted by atomic mass is 9.67. The number of benzene rings is 3. The van der Waals surface area contributed by atoms with Crippen molar-refractivity contribution in [1.29, 1.82) is 0 Å². The van der Waals surface area contributed by atoms with Crippen LogP contribution in [-0.2, 0) is 9.59 Å². The molecule has 6 nitrogen and oxygen atoms in total. The molecule has 1 atom stereocenters. The van der Waals surface area contributed by atoms with Crippen molar-refractivity contribution in [3.63, 3.8) is 0 Å². The van der Waals surface area contributed by atoms with Crippen LogP contribution in [0.25, 0.3) is 16.3 Å². The minimum absolute atomic E-state index is 0.0920. The van der Waals surface area contributed by atoms with E-state index in [-0.39, 0.29) is 11.2 Å². The fraction of sp³-hybridized carbons (Fsp3) is 0.286. The van der Waals surface area contributed by atoms with E-state index in [2.05, 4.69) is 43.4 Å². The highest BCUT2D eigenvalue weighted by molar-refractivity contribution is 6.13. The summed E-state index contributed by atoms with van der Waals surface area (Å²) in [7, 11) is 1.52. The summed E-state index contributed by atoms with van der Waals surface area (Å²) in [5.41, 5.74) is 4.30. The Bertz CT molecular complexity index is 1350. The SMILES string of the molecule is COc1cccc([C@@H]2Nc3ccc4ccccc4c3C3=C2C(=O)CC(C)(C)C3)c1OCC(=O)O. The number of hydrogen-bond acceptors (Lipinski definition) is 5. The van der Waals surface area contributed by atoms with E-state index in [1.54, 1.807) is 6.07 Å². The zero-order valence-electron chi connectivity index (χ0n) is 19.5. The van der Waals surface area contributed by atoms with Gasteiger partial charge in [-0.1, -0.05) is 56.3 Å². The van der Waals surface area contributed by atoms with Gasteiger partial charge in [0, 0.05) is 28.8 Å². The average Bonchev–Trinajstić information content (AvgIpc) is 2.80. The summed E-state index contributed by atoms with van der Waals surface area (Å²) in [6, 6.07) is 17.3. The van der Waals surface area contributed by atoms with Crippen molar-refractivity contribution < 1.29 is 24.2 Å². The summed E-state index contributed by atoms with van der Waals surface area (Å²) >= 11 is 0. The molecule has 174 valence electrons. The molecule has 0 fully saturated rings. The van der Waals surface area contributed by atoms with Crippen molar-refractivity contribution in [3.8, 4) is 11.5 Å². The highest BCUT2D eigenvalue weighted by atomic mass is 16.5. The summed E-state index contributed by atoms with van der Waals surface area (Å²) in [6.07, 6.45) is 1.21. The Morgan fingerprint density at radius 2 is 1.88 bits per heavy atom. The van der Waals surface area contributed by atoms with Crippen LogP contribution in [0.1, 0.15) is 43.9 Å². The first-order valence-corrected chi connectivity index (χ1v) is 11.4. The quantitative estimate of drug-likeness (QED) is 0.517. The van der Waals surface area contributed by atoms with E-state index < -0.39 is 18.6 Å². The molecule has 1 aliphatic heterocycles. The minimum atomic E-state index is -1.08. The van der Waals surface area contributed by atoms with Crippen LogP contribution >= 0.6 is 0 Å². The van der Waals surface area contributed by atoms with E-state index in [0.717, 1.165) is 39.6 Å². The van der Waals surface area contributed by atoms with E-state index in [1.165, 1.54) is 7.11 Å².